The standard InChI is InChI=1S/C16H21N5O2S/c1-2-5-14-19-20-16(24-14)18-11-7-9-21(10-13(11)22)15(23)12-6-3-4-8-17-12/h3-4,6,8,11,13,22H,2,5,7,9-10H2,1H3,(H,18,20)/t11-,13-/m1/s1. The molecule has 2 aromatic heterocycles. The predicted molar refractivity (Wildman–Crippen MR) is 92.1 cm³/mol. The van der Waals surface area contributed by atoms with Crippen LogP contribution in [0.4, 0.5) is 5.13 Å². The maximum atomic E-state index is 12.4. The highest BCUT2D eigenvalue weighted by atomic mass is 32.1. The van der Waals surface area contributed by atoms with Crippen molar-refractivity contribution in [1.82, 2.24) is 20.1 Å². The van der Waals surface area contributed by atoms with Gasteiger partial charge in [0, 0.05) is 25.7 Å². The largest absolute Gasteiger partial charge is 0.389 e. The molecule has 3 rings (SSSR count). The molecule has 2 aromatic rings. The maximum absolute atomic E-state index is 12.4. The maximum Gasteiger partial charge on any atom is 0.272 e. The SMILES string of the molecule is CCCc1nnc(N[C@@H]2CCN(C(=O)c3ccccn3)C[C@H]2O)s1. The number of nitrogens with one attached hydrogen (secondary N) is 1. The van der Waals surface area contributed by atoms with E-state index in [0.29, 0.717) is 18.7 Å². The Bertz CT molecular complexity index is 678. The smallest absolute Gasteiger partial charge is 0.272 e. The van der Waals surface area contributed by atoms with Crippen molar-refractivity contribution in [2.45, 2.75) is 38.3 Å². The lowest BCUT2D eigenvalue weighted by Crippen LogP contribution is -2.51. The van der Waals surface area contributed by atoms with Gasteiger partial charge in [-0.05, 0) is 25.0 Å². The van der Waals surface area contributed by atoms with Crippen LogP contribution in [0.1, 0.15) is 35.3 Å². The number of aliphatic hydroxyl groups is 1. The van der Waals surface area contributed by atoms with Gasteiger partial charge in [-0.2, -0.15) is 0 Å². The summed E-state index contributed by atoms with van der Waals surface area (Å²) in [6.45, 7) is 2.96. The van der Waals surface area contributed by atoms with E-state index in [2.05, 4.69) is 27.4 Å². The molecule has 0 saturated carbocycles. The summed E-state index contributed by atoms with van der Waals surface area (Å²) >= 11 is 1.52. The summed E-state index contributed by atoms with van der Waals surface area (Å²) < 4.78 is 0. The van der Waals surface area contributed by atoms with Crippen molar-refractivity contribution in [2.24, 2.45) is 0 Å². The van der Waals surface area contributed by atoms with Crippen molar-refractivity contribution in [3.63, 3.8) is 0 Å². The minimum atomic E-state index is -0.648. The average Bonchev–Trinajstić information content (AvgIpc) is 3.04. The number of anilines is 1. The van der Waals surface area contributed by atoms with Gasteiger partial charge in [0.2, 0.25) is 5.13 Å². The minimum absolute atomic E-state index is 0.125. The predicted octanol–water partition coefficient (Wildman–Crippen LogP) is 1.57. The van der Waals surface area contributed by atoms with Crippen LogP contribution in [0.15, 0.2) is 24.4 Å². The van der Waals surface area contributed by atoms with Crippen LogP contribution in [0.5, 0.6) is 0 Å². The van der Waals surface area contributed by atoms with Crippen LogP contribution in [0.25, 0.3) is 0 Å². The lowest BCUT2D eigenvalue weighted by Gasteiger charge is -2.35. The number of nitrogens with zero attached hydrogens (tertiary/aromatic N) is 4. The number of likely N-dealkylation sites (tertiary alicyclic amines) is 1. The molecule has 0 aromatic carbocycles. The van der Waals surface area contributed by atoms with E-state index in [-0.39, 0.29) is 18.5 Å². The highest BCUT2D eigenvalue weighted by molar-refractivity contribution is 7.15. The summed E-state index contributed by atoms with van der Waals surface area (Å²) in [4.78, 5) is 18.1. The third-order valence-corrected chi connectivity index (χ3v) is 4.91. The number of β-amino-alcohol motifs (C(OH)–C–C–N with tert-alkyl or cyclic N) is 1. The van der Waals surface area contributed by atoms with Gasteiger partial charge in [-0.3, -0.25) is 9.78 Å². The van der Waals surface area contributed by atoms with Crippen molar-refractivity contribution in [3.05, 3.63) is 35.1 Å². The summed E-state index contributed by atoms with van der Waals surface area (Å²) in [7, 11) is 0. The van der Waals surface area contributed by atoms with Gasteiger partial charge in [0.25, 0.3) is 5.91 Å². The fourth-order valence-electron chi connectivity index (χ4n) is 2.72. The highest BCUT2D eigenvalue weighted by Gasteiger charge is 2.31. The highest BCUT2D eigenvalue weighted by Crippen LogP contribution is 2.22. The van der Waals surface area contributed by atoms with Crippen LogP contribution in [0.2, 0.25) is 0 Å². The first-order chi connectivity index (χ1) is 11.7. The summed E-state index contributed by atoms with van der Waals surface area (Å²) in [5.41, 5.74) is 0.407. The zero-order chi connectivity index (χ0) is 16.9. The van der Waals surface area contributed by atoms with Crippen molar-refractivity contribution in [1.29, 1.82) is 0 Å². The molecule has 1 fully saturated rings. The first kappa shape index (κ1) is 16.8. The molecule has 2 atom stereocenters. The van der Waals surface area contributed by atoms with Gasteiger partial charge >= 0.3 is 0 Å². The molecular formula is C16H21N5O2S. The number of pyridine rings is 1. The molecule has 0 aliphatic carbocycles. The molecular weight excluding hydrogens is 326 g/mol. The molecule has 24 heavy (non-hydrogen) atoms. The fraction of sp³-hybridized carbons (Fsp3) is 0.500. The number of aromatic nitrogens is 3. The number of carbonyl (C=O) groups is 1. The Labute approximate surface area is 144 Å². The summed E-state index contributed by atoms with van der Waals surface area (Å²) in [5, 5.41) is 23.6. The van der Waals surface area contributed by atoms with Crippen LogP contribution < -0.4 is 5.32 Å². The molecule has 3 heterocycles. The van der Waals surface area contributed by atoms with Gasteiger partial charge < -0.3 is 15.3 Å². The molecule has 1 aliphatic heterocycles. The third kappa shape index (κ3) is 3.88. The quantitative estimate of drug-likeness (QED) is 0.853. The number of aliphatic hydroxyl groups excluding tert-OH is 1. The minimum Gasteiger partial charge on any atom is -0.389 e. The number of hydrogen-bond donors (Lipinski definition) is 2. The van der Waals surface area contributed by atoms with Crippen molar-refractivity contribution >= 4 is 22.4 Å². The van der Waals surface area contributed by atoms with Gasteiger partial charge in [-0.1, -0.05) is 24.3 Å². The lowest BCUT2D eigenvalue weighted by molar-refractivity contribution is 0.0422. The molecule has 0 radical (unpaired) electrons. The molecule has 7 nitrogen and oxygen atoms in total. The molecule has 0 spiro atoms. The van der Waals surface area contributed by atoms with E-state index in [1.54, 1.807) is 29.3 Å². The van der Waals surface area contributed by atoms with Crippen molar-refractivity contribution in [3.8, 4) is 0 Å². The molecule has 8 heteroatoms. The first-order valence-electron chi connectivity index (χ1n) is 8.14. The monoisotopic (exact) mass is 347 g/mol. The number of aryl methyl sites for hydroxylation is 1. The van der Waals surface area contributed by atoms with E-state index in [1.807, 2.05) is 0 Å². The Morgan fingerprint density at radius 3 is 3.04 bits per heavy atom. The third-order valence-electron chi connectivity index (χ3n) is 3.99. The Hall–Kier alpha value is -2.06. The van der Waals surface area contributed by atoms with E-state index >= 15 is 0 Å². The van der Waals surface area contributed by atoms with E-state index in [0.717, 1.165) is 23.0 Å². The average molecular weight is 347 g/mol. The summed E-state index contributed by atoms with van der Waals surface area (Å²) in [5.74, 6) is -0.144. The number of rotatable bonds is 5. The Kier molecular flexibility index (Phi) is 5.37. The van der Waals surface area contributed by atoms with Gasteiger partial charge in [-0.25, -0.2) is 0 Å². The second kappa shape index (κ2) is 7.67. The van der Waals surface area contributed by atoms with Gasteiger partial charge in [0.15, 0.2) is 0 Å². The first-order valence-corrected chi connectivity index (χ1v) is 8.96. The number of carbonyl (C=O) groups excluding carboxylic acids is 1. The molecule has 0 unspecified atom stereocenters. The molecule has 0 bridgehead atoms. The lowest BCUT2D eigenvalue weighted by atomic mass is 10.0. The summed E-state index contributed by atoms with van der Waals surface area (Å²) in [6.07, 6.45) is 3.55. The van der Waals surface area contributed by atoms with Gasteiger partial charge in [0.05, 0.1) is 12.1 Å². The number of amides is 1. The van der Waals surface area contributed by atoms with Crippen LogP contribution in [0.3, 0.4) is 0 Å². The Morgan fingerprint density at radius 1 is 1.46 bits per heavy atom. The van der Waals surface area contributed by atoms with Gasteiger partial charge in [0.1, 0.15) is 10.7 Å². The normalized spacial score (nSPS) is 20.8. The van der Waals surface area contributed by atoms with Crippen molar-refractivity contribution < 1.29 is 9.90 Å². The zero-order valence-electron chi connectivity index (χ0n) is 13.6. The molecule has 1 amide bonds. The zero-order valence-corrected chi connectivity index (χ0v) is 14.4. The Morgan fingerprint density at radius 2 is 2.33 bits per heavy atom. The van der Waals surface area contributed by atoms with Crippen LogP contribution in [-0.4, -0.2) is 56.3 Å². The van der Waals surface area contributed by atoms with Crippen LogP contribution in [0, 0.1) is 0 Å². The number of hydrogen-bond acceptors (Lipinski definition) is 7. The van der Waals surface area contributed by atoms with E-state index in [4.69, 9.17) is 0 Å². The second-order valence-electron chi connectivity index (χ2n) is 5.82. The molecule has 1 saturated heterocycles. The van der Waals surface area contributed by atoms with E-state index in [9.17, 15) is 9.90 Å². The topological polar surface area (TPSA) is 91.2 Å². The Balaban J connectivity index is 1.57. The van der Waals surface area contributed by atoms with Crippen molar-refractivity contribution in [2.75, 3.05) is 18.4 Å². The van der Waals surface area contributed by atoms with Gasteiger partial charge in [-0.15, -0.1) is 10.2 Å². The molecule has 1 aliphatic rings. The van der Waals surface area contributed by atoms with E-state index < -0.39 is 6.10 Å². The molecule has 2 N–H and O–H groups in total. The van der Waals surface area contributed by atoms with Crippen LogP contribution in [-0.2, 0) is 6.42 Å². The fourth-order valence-corrected chi connectivity index (χ4v) is 3.62. The summed E-state index contributed by atoms with van der Waals surface area (Å²) in [6, 6.07) is 5.13. The number of piperidine rings is 1. The van der Waals surface area contributed by atoms with E-state index in [1.165, 1.54) is 11.3 Å². The molecule has 128 valence electrons. The van der Waals surface area contributed by atoms with Crippen LogP contribution >= 0.6 is 11.3 Å². The second-order valence-corrected chi connectivity index (χ2v) is 6.89.